The number of aliphatic hydroxyl groups is 2. The van der Waals surface area contributed by atoms with E-state index in [1.807, 2.05) is 58.0 Å². The van der Waals surface area contributed by atoms with E-state index in [1.54, 1.807) is 18.1 Å². The number of allylic oxidation sites excluding steroid dienone is 1. The fourth-order valence-corrected chi connectivity index (χ4v) is 9.17. The number of rotatable bonds is 18. The average Bonchev–Trinajstić information content (AvgIpc) is 3.20. The zero-order valence-electron chi connectivity index (χ0n) is 34.5. The molecule has 3 aromatic rings. The van der Waals surface area contributed by atoms with Crippen LogP contribution in [0.2, 0.25) is 0 Å². The Bertz CT molecular complexity index is 1900. The number of hydrogen-bond donors (Lipinski definition) is 2. The second-order valence-electron chi connectivity index (χ2n) is 16.9. The van der Waals surface area contributed by atoms with Crippen molar-refractivity contribution in [1.29, 1.82) is 0 Å². The first-order valence-corrected chi connectivity index (χ1v) is 20.8. The molecule has 2 aliphatic carbocycles. The van der Waals surface area contributed by atoms with Gasteiger partial charge in [0.1, 0.15) is 30.4 Å². The Morgan fingerprint density at radius 3 is 2.42 bits per heavy atom. The van der Waals surface area contributed by atoms with Gasteiger partial charge >= 0.3 is 6.09 Å². The number of unbranched alkanes of at least 4 members (excludes halogenated alkanes) is 2. The van der Waals surface area contributed by atoms with Crippen LogP contribution < -0.4 is 9.47 Å². The van der Waals surface area contributed by atoms with Gasteiger partial charge < -0.3 is 34.0 Å². The molecule has 0 spiro atoms. The van der Waals surface area contributed by atoms with Crippen LogP contribution in [0, 0.1) is 23.2 Å². The molecule has 6 atom stereocenters. The minimum Gasteiger partial charge on any atom is -0.459 e. The summed E-state index contributed by atoms with van der Waals surface area (Å²) in [4.78, 5) is 21.6. The molecular formula is C47H62N2O8. The van der Waals surface area contributed by atoms with Crippen LogP contribution in [-0.2, 0) is 14.3 Å². The van der Waals surface area contributed by atoms with Crippen LogP contribution in [0.15, 0.2) is 90.1 Å². The van der Waals surface area contributed by atoms with Crippen LogP contribution in [0.1, 0.15) is 90.5 Å². The van der Waals surface area contributed by atoms with E-state index in [-0.39, 0.29) is 49.6 Å². The highest BCUT2D eigenvalue weighted by Crippen LogP contribution is 2.62. The molecule has 1 heterocycles. The number of carbonyl (C=O) groups excluding carboxylic acids is 1. The van der Waals surface area contributed by atoms with Crippen molar-refractivity contribution < 1.29 is 38.8 Å². The predicted molar refractivity (Wildman–Crippen MR) is 224 cm³/mol. The highest BCUT2D eigenvalue weighted by Gasteiger charge is 2.65. The van der Waals surface area contributed by atoms with Crippen molar-refractivity contribution in [3.05, 3.63) is 90.5 Å². The summed E-state index contributed by atoms with van der Waals surface area (Å²) >= 11 is 0. The van der Waals surface area contributed by atoms with E-state index >= 15 is 0 Å². The van der Waals surface area contributed by atoms with Gasteiger partial charge in [-0.2, -0.15) is 0 Å². The molecule has 57 heavy (non-hydrogen) atoms. The number of oxime groups is 1. The van der Waals surface area contributed by atoms with E-state index in [2.05, 4.69) is 48.1 Å². The second-order valence-corrected chi connectivity index (χ2v) is 16.9. The molecule has 1 amide bonds. The first-order chi connectivity index (χ1) is 27.6. The van der Waals surface area contributed by atoms with Gasteiger partial charge in [-0.25, -0.2) is 4.79 Å². The summed E-state index contributed by atoms with van der Waals surface area (Å²) in [5, 5.41) is 26.6. The van der Waals surface area contributed by atoms with Crippen LogP contribution in [0.25, 0.3) is 10.8 Å². The highest BCUT2D eigenvalue weighted by atomic mass is 16.7. The Hall–Kier alpha value is -4.38. The topological polar surface area (TPSA) is 119 Å². The molecule has 10 heteroatoms. The largest absolute Gasteiger partial charge is 0.459 e. The smallest absolute Gasteiger partial charge is 0.410 e. The van der Waals surface area contributed by atoms with Gasteiger partial charge in [-0.3, -0.25) is 4.90 Å². The molecule has 308 valence electrons. The summed E-state index contributed by atoms with van der Waals surface area (Å²) < 4.78 is 27.0. The molecule has 0 radical (unpaired) electrons. The number of hydrogen-bond acceptors (Lipinski definition) is 9. The van der Waals surface area contributed by atoms with Crippen molar-refractivity contribution in [2.75, 3.05) is 40.1 Å². The van der Waals surface area contributed by atoms with E-state index in [4.69, 9.17) is 23.8 Å². The molecule has 1 saturated carbocycles. The molecule has 0 aromatic heterocycles. The number of nitrogens with zero attached hydrogens (tertiary/aromatic N) is 2. The number of aliphatic hydroxyl groups excluding tert-OH is 2. The van der Waals surface area contributed by atoms with E-state index in [1.165, 1.54) is 0 Å². The molecule has 3 aromatic carbocycles. The van der Waals surface area contributed by atoms with Gasteiger partial charge in [0.25, 0.3) is 0 Å². The van der Waals surface area contributed by atoms with Crippen LogP contribution >= 0.6 is 0 Å². The third-order valence-electron chi connectivity index (χ3n) is 11.5. The molecule has 1 fully saturated rings. The first kappa shape index (κ1) is 42.2. The molecule has 0 saturated heterocycles. The van der Waals surface area contributed by atoms with Gasteiger partial charge in [0.15, 0.2) is 0 Å². The molecular weight excluding hydrogens is 721 g/mol. The molecule has 6 unspecified atom stereocenters. The lowest BCUT2D eigenvalue weighted by Gasteiger charge is -2.60. The number of ether oxygens (including phenoxy) is 4. The van der Waals surface area contributed by atoms with Crippen molar-refractivity contribution >= 4 is 22.6 Å². The minimum absolute atomic E-state index is 0.101. The van der Waals surface area contributed by atoms with Crippen molar-refractivity contribution in [2.24, 2.45) is 28.3 Å². The molecule has 2 N–H and O–H groups in total. The minimum atomic E-state index is -1.34. The zero-order chi connectivity index (χ0) is 40.6. The molecule has 10 nitrogen and oxygen atoms in total. The van der Waals surface area contributed by atoms with E-state index in [0.717, 1.165) is 59.1 Å². The average molecular weight is 783 g/mol. The van der Waals surface area contributed by atoms with Gasteiger partial charge in [-0.05, 0) is 96.0 Å². The predicted octanol–water partition coefficient (Wildman–Crippen LogP) is 9.79. The Morgan fingerprint density at radius 2 is 1.72 bits per heavy atom. The number of carbonyl (C=O) groups is 1. The standard InChI is InChI=1S/C47H62N2O8/c1-7-23-49(45(52)54-31-46(3,4)5)42-30-40(48-53-6)38-28-34(17-11-13-24-50)37(18-12-14-25-51)43-39-29-36(56-35-20-19-32-15-9-10-16-33(32)27-35)21-22-41(39)57-47(42,44(38)43)55-26-8-2/h8-10,15-16,19-22,27-29,34,37,42-44,50-51H,2,7,11-14,17-18,23-26,30-31H2,1,3-6H3. The quantitative estimate of drug-likeness (QED) is 0.0744. The van der Waals surface area contributed by atoms with E-state index in [9.17, 15) is 15.0 Å². The van der Waals surface area contributed by atoms with Crippen LogP contribution in [0.5, 0.6) is 17.2 Å². The van der Waals surface area contributed by atoms with Crippen molar-refractivity contribution in [3.63, 3.8) is 0 Å². The van der Waals surface area contributed by atoms with Crippen LogP contribution in [-0.4, -0.2) is 78.8 Å². The van der Waals surface area contributed by atoms with Gasteiger partial charge in [-0.1, -0.05) is 88.2 Å². The maximum absolute atomic E-state index is 14.3. The molecule has 3 aliphatic rings. The molecule has 0 bridgehead atoms. The summed E-state index contributed by atoms with van der Waals surface area (Å²) in [5.41, 5.74) is 2.50. The summed E-state index contributed by atoms with van der Waals surface area (Å²) in [6.07, 6.45) is 9.44. The normalized spacial score (nSPS) is 24.5. The van der Waals surface area contributed by atoms with Gasteiger partial charge in [-0.15, -0.1) is 6.58 Å². The lowest BCUT2D eigenvalue weighted by molar-refractivity contribution is -0.255. The fourth-order valence-electron chi connectivity index (χ4n) is 9.17. The Labute approximate surface area is 338 Å². The summed E-state index contributed by atoms with van der Waals surface area (Å²) in [7, 11) is 1.56. The van der Waals surface area contributed by atoms with Crippen LogP contribution in [0.4, 0.5) is 4.79 Å². The Morgan fingerprint density at radius 1 is 1.00 bits per heavy atom. The second kappa shape index (κ2) is 18.9. The third kappa shape index (κ3) is 9.35. The van der Waals surface area contributed by atoms with Gasteiger partial charge in [0.2, 0.25) is 5.79 Å². The van der Waals surface area contributed by atoms with Gasteiger partial charge in [0, 0.05) is 37.7 Å². The number of amides is 1. The van der Waals surface area contributed by atoms with Gasteiger partial charge in [0.05, 0.1) is 24.8 Å². The first-order valence-electron chi connectivity index (χ1n) is 20.8. The molecule has 6 rings (SSSR count). The van der Waals surface area contributed by atoms with Crippen LogP contribution in [0.3, 0.4) is 0 Å². The van der Waals surface area contributed by atoms with E-state index < -0.39 is 23.8 Å². The van der Waals surface area contributed by atoms with Crippen molar-refractivity contribution in [3.8, 4) is 17.2 Å². The van der Waals surface area contributed by atoms with Crippen molar-refractivity contribution in [1.82, 2.24) is 4.90 Å². The SMILES string of the molecule is C=CCOC12Oc3ccc(Oc4ccc5ccccc5c4)cc3C3C(CCCCO)C(CCCCO)C=C(C(=NOC)CC1N(CCC)C(=O)OCC(C)(C)C)C32. The molecule has 1 aliphatic heterocycles. The summed E-state index contributed by atoms with van der Waals surface area (Å²) in [5.74, 6) is 0.414. The number of fused-ring (bicyclic) bond motifs is 3. The Kier molecular flexibility index (Phi) is 14.0. The number of benzene rings is 3. The highest BCUT2D eigenvalue weighted by molar-refractivity contribution is 6.03. The lowest BCUT2D eigenvalue weighted by Crippen LogP contribution is -2.70. The fraction of sp³-hybridized carbons (Fsp3) is 0.532. The zero-order valence-corrected chi connectivity index (χ0v) is 34.5. The third-order valence-corrected chi connectivity index (χ3v) is 11.5. The monoisotopic (exact) mass is 782 g/mol. The summed E-state index contributed by atoms with van der Waals surface area (Å²) in [6, 6.07) is 19.7. The maximum atomic E-state index is 14.3. The van der Waals surface area contributed by atoms with Crippen molar-refractivity contribution in [2.45, 2.75) is 96.8 Å². The lowest BCUT2D eigenvalue weighted by atomic mass is 9.55. The van der Waals surface area contributed by atoms with E-state index in [0.29, 0.717) is 43.7 Å². The maximum Gasteiger partial charge on any atom is 0.410 e. The summed E-state index contributed by atoms with van der Waals surface area (Å²) in [6.45, 7) is 13.3. The Balaban J connectivity index is 1.55.